The zero-order valence-corrected chi connectivity index (χ0v) is 22.9. The number of nitrogens with one attached hydrogen (secondary N) is 2. The first kappa shape index (κ1) is 28.5. The van der Waals surface area contributed by atoms with E-state index in [2.05, 4.69) is 15.6 Å². The number of rotatable bonds is 7. The molecule has 0 aliphatic rings. The highest BCUT2D eigenvalue weighted by Gasteiger charge is 2.25. The van der Waals surface area contributed by atoms with Crippen LogP contribution in [0.15, 0.2) is 35.8 Å². The van der Waals surface area contributed by atoms with E-state index in [1.54, 1.807) is 65.8 Å². The molecular formula is C26H30N4O7S. The Morgan fingerprint density at radius 1 is 0.921 bits per heavy atom. The lowest BCUT2D eigenvalue weighted by molar-refractivity contribution is -0.117. The lowest BCUT2D eigenvalue weighted by Crippen LogP contribution is -2.39. The molecule has 0 atom stereocenters. The molecule has 202 valence electrons. The minimum Gasteiger partial charge on any atom is -0.444 e. The van der Waals surface area contributed by atoms with Crippen molar-refractivity contribution in [3.8, 4) is 0 Å². The highest BCUT2D eigenvalue weighted by Crippen LogP contribution is 2.26. The lowest BCUT2D eigenvalue weighted by Gasteiger charge is -2.19. The molecule has 0 bridgehead atoms. The second-order valence-corrected chi connectivity index (χ2v) is 11.2. The second kappa shape index (κ2) is 11.1. The first-order chi connectivity index (χ1) is 17.6. The zero-order valence-electron chi connectivity index (χ0n) is 22.0. The number of aromatic nitrogens is 2. The SMILES string of the molecule is CC(C)(C)OC(=O)NCC(=O)CNC(=O)c1csc(C(=O)c2cn(C(=O)OC(C)(C)C)c3ccccc23)n1. The Hall–Kier alpha value is -4.06. The third-order valence-corrected chi connectivity index (χ3v) is 5.59. The number of fused-ring (bicyclic) bond motifs is 1. The van der Waals surface area contributed by atoms with Gasteiger partial charge in [0.2, 0.25) is 5.78 Å². The quantitative estimate of drug-likeness (QED) is 0.427. The third kappa shape index (κ3) is 7.48. The highest BCUT2D eigenvalue weighted by molar-refractivity contribution is 7.12. The van der Waals surface area contributed by atoms with Gasteiger partial charge in [0.25, 0.3) is 5.91 Å². The topological polar surface area (TPSA) is 146 Å². The van der Waals surface area contributed by atoms with Crippen molar-refractivity contribution in [2.75, 3.05) is 13.1 Å². The molecular weight excluding hydrogens is 512 g/mol. The summed E-state index contributed by atoms with van der Waals surface area (Å²) in [6.45, 7) is 9.65. The smallest absolute Gasteiger partial charge is 0.419 e. The van der Waals surface area contributed by atoms with Crippen molar-refractivity contribution in [1.82, 2.24) is 20.2 Å². The number of hydrogen-bond acceptors (Lipinski definition) is 9. The van der Waals surface area contributed by atoms with E-state index in [0.717, 1.165) is 11.3 Å². The van der Waals surface area contributed by atoms with Crippen LogP contribution in [0.1, 0.15) is 67.4 Å². The van der Waals surface area contributed by atoms with Crippen molar-refractivity contribution in [3.63, 3.8) is 0 Å². The fourth-order valence-corrected chi connectivity index (χ4v) is 3.99. The summed E-state index contributed by atoms with van der Waals surface area (Å²) in [5, 5.41) is 6.72. The molecule has 0 spiro atoms. The minimum atomic E-state index is -0.743. The van der Waals surface area contributed by atoms with Gasteiger partial charge in [0.1, 0.15) is 16.9 Å². The number of carbonyl (C=O) groups excluding carboxylic acids is 5. The molecule has 0 saturated carbocycles. The average Bonchev–Trinajstić information content (AvgIpc) is 3.44. The molecule has 3 aromatic rings. The Morgan fingerprint density at radius 2 is 1.55 bits per heavy atom. The van der Waals surface area contributed by atoms with Crippen LogP contribution in [0.4, 0.5) is 9.59 Å². The number of amides is 2. The van der Waals surface area contributed by atoms with Gasteiger partial charge < -0.3 is 20.1 Å². The molecule has 0 unspecified atom stereocenters. The molecule has 0 aliphatic heterocycles. The van der Waals surface area contributed by atoms with E-state index in [9.17, 15) is 24.0 Å². The summed E-state index contributed by atoms with van der Waals surface area (Å²) < 4.78 is 11.8. The number of carbonyl (C=O) groups is 5. The van der Waals surface area contributed by atoms with Crippen LogP contribution in [0.2, 0.25) is 0 Å². The molecule has 2 aromatic heterocycles. The summed E-state index contributed by atoms with van der Waals surface area (Å²) in [4.78, 5) is 66.3. The number of nitrogens with zero attached hydrogens (tertiary/aromatic N) is 2. The van der Waals surface area contributed by atoms with Gasteiger partial charge in [-0.25, -0.2) is 14.6 Å². The summed E-state index contributed by atoms with van der Waals surface area (Å²) in [5.74, 6) is -1.57. The molecule has 1 aromatic carbocycles. The number of Topliss-reactive ketones (excluding diaryl/α,β-unsaturated/α-hetero) is 1. The molecule has 2 amide bonds. The van der Waals surface area contributed by atoms with Crippen LogP contribution in [-0.2, 0) is 14.3 Å². The van der Waals surface area contributed by atoms with Gasteiger partial charge in [-0.3, -0.25) is 19.0 Å². The van der Waals surface area contributed by atoms with Gasteiger partial charge in [-0.15, -0.1) is 11.3 Å². The summed E-state index contributed by atoms with van der Waals surface area (Å²) in [6.07, 6.45) is 0.0316. The van der Waals surface area contributed by atoms with Crippen LogP contribution in [0.5, 0.6) is 0 Å². The van der Waals surface area contributed by atoms with Crippen molar-refractivity contribution in [2.24, 2.45) is 0 Å². The summed E-state index contributed by atoms with van der Waals surface area (Å²) >= 11 is 0.965. The van der Waals surface area contributed by atoms with E-state index in [1.807, 2.05) is 0 Å². The van der Waals surface area contributed by atoms with Crippen molar-refractivity contribution < 1.29 is 33.4 Å². The van der Waals surface area contributed by atoms with Gasteiger partial charge in [0.15, 0.2) is 10.8 Å². The number of thiazole rings is 1. The number of ether oxygens (including phenoxy) is 2. The van der Waals surface area contributed by atoms with Crippen molar-refractivity contribution in [3.05, 3.63) is 52.1 Å². The number of ketones is 2. The van der Waals surface area contributed by atoms with E-state index < -0.39 is 40.9 Å². The molecule has 2 heterocycles. The largest absolute Gasteiger partial charge is 0.444 e. The number of benzene rings is 1. The molecule has 0 radical (unpaired) electrons. The van der Waals surface area contributed by atoms with Gasteiger partial charge in [-0.05, 0) is 47.6 Å². The number of hydrogen-bond donors (Lipinski definition) is 2. The molecule has 38 heavy (non-hydrogen) atoms. The van der Waals surface area contributed by atoms with Crippen molar-refractivity contribution in [1.29, 1.82) is 0 Å². The van der Waals surface area contributed by atoms with Gasteiger partial charge >= 0.3 is 12.2 Å². The Morgan fingerprint density at radius 3 is 2.21 bits per heavy atom. The van der Waals surface area contributed by atoms with Gasteiger partial charge in [-0.2, -0.15) is 0 Å². The van der Waals surface area contributed by atoms with Gasteiger partial charge in [-0.1, -0.05) is 18.2 Å². The zero-order chi connectivity index (χ0) is 28.3. The maximum atomic E-state index is 13.3. The molecule has 12 heteroatoms. The molecule has 0 saturated heterocycles. The minimum absolute atomic E-state index is 0.0397. The normalized spacial score (nSPS) is 11.6. The highest BCUT2D eigenvalue weighted by atomic mass is 32.1. The Labute approximate surface area is 223 Å². The first-order valence-electron chi connectivity index (χ1n) is 11.7. The van der Waals surface area contributed by atoms with E-state index in [4.69, 9.17) is 9.47 Å². The van der Waals surface area contributed by atoms with Crippen LogP contribution >= 0.6 is 11.3 Å². The Balaban J connectivity index is 1.67. The maximum Gasteiger partial charge on any atom is 0.419 e. The monoisotopic (exact) mass is 542 g/mol. The summed E-state index contributed by atoms with van der Waals surface area (Å²) in [5.41, 5.74) is -0.736. The van der Waals surface area contributed by atoms with Crippen LogP contribution in [0.3, 0.4) is 0 Å². The number of alkyl carbamates (subject to hydrolysis) is 1. The van der Waals surface area contributed by atoms with Crippen molar-refractivity contribution in [2.45, 2.75) is 52.7 Å². The van der Waals surface area contributed by atoms with E-state index >= 15 is 0 Å². The molecule has 3 rings (SSSR count). The molecule has 0 aliphatic carbocycles. The fraction of sp³-hybridized carbons (Fsp3) is 0.385. The Bertz CT molecular complexity index is 1390. The standard InChI is InChI=1S/C26H30N4O7S/c1-25(2,3)36-23(34)28-12-15(31)11-27-21(33)18-14-38-22(29-18)20(32)17-13-30(24(35)37-26(4,5)6)19-10-8-7-9-16(17)19/h7-10,13-14H,11-12H2,1-6H3,(H,27,33)(H,28,34). The van der Waals surface area contributed by atoms with Gasteiger partial charge in [0.05, 0.1) is 24.2 Å². The van der Waals surface area contributed by atoms with Gasteiger partial charge in [0, 0.05) is 17.0 Å². The second-order valence-electron chi connectivity index (χ2n) is 10.4. The Kier molecular flexibility index (Phi) is 8.35. The predicted molar refractivity (Wildman–Crippen MR) is 141 cm³/mol. The molecule has 11 nitrogen and oxygen atoms in total. The first-order valence-corrected chi connectivity index (χ1v) is 12.6. The summed E-state index contributed by atoms with van der Waals surface area (Å²) in [6, 6.07) is 6.90. The predicted octanol–water partition coefficient (Wildman–Crippen LogP) is 3.94. The average molecular weight is 543 g/mol. The third-order valence-electron chi connectivity index (χ3n) is 4.75. The van der Waals surface area contributed by atoms with Crippen LogP contribution in [0.25, 0.3) is 10.9 Å². The molecule has 2 N–H and O–H groups in total. The van der Waals surface area contributed by atoms with E-state index in [1.165, 1.54) is 16.1 Å². The van der Waals surface area contributed by atoms with E-state index in [-0.39, 0.29) is 29.4 Å². The number of para-hydroxylation sites is 1. The molecule has 0 fully saturated rings. The van der Waals surface area contributed by atoms with Crippen LogP contribution in [0, 0.1) is 0 Å². The summed E-state index contributed by atoms with van der Waals surface area (Å²) in [7, 11) is 0. The fourth-order valence-electron chi connectivity index (χ4n) is 3.24. The van der Waals surface area contributed by atoms with Crippen molar-refractivity contribution >= 4 is 51.9 Å². The van der Waals surface area contributed by atoms with Crippen LogP contribution in [-0.4, -0.2) is 63.5 Å². The van der Waals surface area contributed by atoms with Crippen LogP contribution < -0.4 is 10.6 Å². The maximum absolute atomic E-state index is 13.3. The lowest BCUT2D eigenvalue weighted by atomic mass is 10.1. The van der Waals surface area contributed by atoms with E-state index in [0.29, 0.717) is 10.9 Å².